The lowest BCUT2D eigenvalue weighted by molar-refractivity contribution is 0.385. The normalized spacial score (nSPS) is 25.2. The molecule has 0 amide bonds. The summed E-state index contributed by atoms with van der Waals surface area (Å²) < 4.78 is 0. The van der Waals surface area contributed by atoms with Crippen molar-refractivity contribution in [3.05, 3.63) is 35.4 Å². The fraction of sp³-hybridized carbons (Fsp3) is 0.625. The third kappa shape index (κ3) is 3.32. The maximum atomic E-state index is 6.26. The van der Waals surface area contributed by atoms with E-state index in [0.717, 1.165) is 5.92 Å². The van der Waals surface area contributed by atoms with Crippen LogP contribution in [0.5, 0.6) is 0 Å². The minimum atomic E-state index is 0.373. The largest absolute Gasteiger partial charge is 0.327 e. The monoisotopic (exact) mass is 231 g/mol. The Morgan fingerprint density at radius 1 is 1.24 bits per heavy atom. The van der Waals surface area contributed by atoms with Crippen LogP contribution in [0.1, 0.15) is 56.6 Å². The molecule has 2 rings (SSSR count). The second kappa shape index (κ2) is 5.68. The topological polar surface area (TPSA) is 26.0 Å². The second-order valence-corrected chi connectivity index (χ2v) is 5.90. The molecule has 94 valence electrons. The Morgan fingerprint density at radius 2 is 2.00 bits per heavy atom. The van der Waals surface area contributed by atoms with Crippen LogP contribution in [0.4, 0.5) is 0 Å². The van der Waals surface area contributed by atoms with Crippen molar-refractivity contribution in [1.29, 1.82) is 0 Å². The van der Waals surface area contributed by atoms with Crippen molar-refractivity contribution >= 4 is 0 Å². The molecule has 1 aliphatic rings. The molecule has 1 heteroatoms. The molecule has 2 N–H and O–H groups in total. The Kier molecular flexibility index (Phi) is 4.22. The first kappa shape index (κ1) is 12.6. The number of hydrogen-bond donors (Lipinski definition) is 1. The summed E-state index contributed by atoms with van der Waals surface area (Å²) in [4.78, 5) is 0. The minimum Gasteiger partial charge on any atom is -0.327 e. The van der Waals surface area contributed by atoms with Gasteiger partial charge in [-0.25, -0.2) is 0 Å². The van der Waals surface area contributed by atoms with Crippen LogP contribution in [0.25, 0.3) is 0 Å². The molecule has 0 bridgehead atoms. The van der Waals surface area contributed by atoms with Crippen LogP contribution >= 0.6 is 0 Å². The Balaban J connectivity index is 2.14. The molecule has 1 nitrogen and oxygen atoms in total. The van der Waals surface area contributed by atoms with Gasteiger partial charge in [0, 0.05) is 6.04 Å². The smallest absolute Gasteiger partial charge is 0.0108 e. The van der Waals surface area contributed by atoms with Crippen LogP contribution in [-0.2, 0) is 6.42 Å². The highest BCUT2D eigenvalue weighted by atomic mass is 14.7. The average Bonchev–Trinajstić information content (AvgIpc) is 2.29. The molecule has 1 aromatic carbocycles. The van der Waals surface area contributed by atoms with E-state index in [1.165, 1.54) is 43.2 Å². The summed E-state index contributed by atoms with van der Waals surface area (Å²) in [5, 5.41) is 0. The maximum Gasteiger partial charge on any atom is 0.0108 e. The number of hydrogen-bond acceptors (Lipinski definition) is 1. The Labute approximate surface area is 105 Å². The van der Waals surface area contributed by atoms with Gasteiger partial charge < -0.3 is 5.73 Å². The molecule has 0 saturated heterocycles. The van der Waals surface area contributed by atoms with Gasteiger partial charge in [0.2, 0.25) is 0 Å². The lowest BCUT2D eigenvalue weighted by atomic mass is 9.80. The molecule has 1 fully saturated rings. The SMILES string of the molecule is CC(C)Cc1cccc(C2CCCCC2N)c1. The number of nitrogens with two attached hydrogens (primary N) is 1. The van der Waals surface area contributed by atoms with Gasteiger partial charge in [-0.1, -0.05) is 51.0 Å². The van der Waals surface area contributed by atoms with Gasteiger partial charge in [0.05, 0.1) is 0 Å². The summed E-state index contributed by atoms with van der Waals surface area (Å²) in [5.41, 5.74) is 9.20. The zero-order valence-electron chi connectivity index (χ0n) is 11.2. The Morgan fingerprint density at radius 3 is 2.71 bits per heavy atom. The average molecular weight is 231 g/mol. The Hall–Kier alpha value is -0.820. The number of benzene rings is 1. The summed E-state index contributed by atoms with van der Waals surface area (Å²) in [5.74, 6) is 1.32. The minimum absolute atomic E-state index is 0.373. The van der Waals surface area contributed by atoms with E-state index in [9.17, 15) is 0 Å². The van der Waals surface area contributed by atoms with Crippen LogP contribution < -0.4 is 5.73 Å². The van der Waals surface area contributed by atoms with Crippen molar-refractivity contribution in [2.24, 2.45) is 11.7 Å². The van der Waals surface area contributed by atoms with Gasteiger partial charge in [-0.05, 0) is 42.2 Å². The molecule has 2 atom stereocenters. The first-order chi connectivity index (χ1) is 8.16. The third-order valence-corrected chi connectivity index (χ3v) is 3.84. The molecule has 0 aliphatic heterocycles. The molecule has 17 heavy (non-hydrogen) atoms. The van der Waals surface area contributed by atoms with Crippen LogP contribution in [0.15, 0.2) is 24.3 Å². The summed E-state index contributed by atoms with van der Waals surface area (Å²) in [6.07, 6.45) is 6.29. The highest BCUT2D eigenvalue weighted by Gasteiger charge is 2.23. The molecule has 0 aromatic heterocycles. The molecular weight excluding hydrogens is 206 g/mol. The molecule has 0 spiro atoms. The van der Waals surface area contributed by atoms with Crippen molar-refractivity contribution in [2.45, 2.75) is 57.9 Å². The van der Waals surface area contributed by atoms with E-state index in [1.807, 2.05) is 0 Å². The molecule has 1 aliphatic carbocycles. The molecule has 0 radical (unpaired) electrons. The van der Waals surface area contributed by atoms with Gasteiger partial charge in [0.25, 0.3) is 0 Å². The van der Waals surface area contributed by atoms with Gasteiger partial charge in [0.15, 0.2) is 0 Å². The summed E-state index contributed by atoms with van der Waals surface area (Å²) >= 11 is 0. The summed E-state index contributed by atoms with van der Waals surface area (Å²) in [6, 6.07) is 9.47. The zero-order chi connectivity index (χ0) is 12.3. The van der Waals surface area contributed by atoms with Gasteiger partial charge >= 0.3 is 0 Å². The predicted molar refractivity (Wildman–Crippen MR) is 74.2 cm³/mol. The second-order valence-electron chi connectivity index (χ2n) is 5.90. The predicted octanol–water partition coefficient (Wildman–Crippen LogP) is 3.87. The first-order valence-electron chi connectivity index (χ1n) is 7.01. The molecule has 0 heterocycles. The molecule has 1 saturated carbocycles. The molecule has 2 unspecified atom stereocenters. The van der Waals surface area contributed by atoms with E-state index in [4.69, 9.17) is 5.73 Å². The van der Waals surface area contributed by atoms with E-state index in [-0.39, 0.29) is 0 Å². The first-order valence-corrected chi connectivity index (χ1v) is 7.01. The Bertz CT molecular complexity index is 356. The van der Waals surface area contributed by atoms with Gasteiger partial charge in [-0.2, -0.15) is 0 Å². The fourth-order valence-corrected chi connectivity index (χ4v) is 3.00. The maximum absolute atomic E-state index is 6.26. The number of rotatable bonds is 3. The van der Waals surface area contributed by atoms with Crippen LogP contribution in [0.2, 0.25) is 0 Å². The van der Waals surface area contributed by atoms with Crippen molar-refractivity contribution in [1.82, 2.24) is 0 Å². The van der Waals surface area contributed by atoms with Gasteiger partial charge in [0.1, 0.15) is 0 Å². The van der Waals surface area contributed by atoms with Crippen LogP contribution in [0.3, 0.4) is 0 Å². The lowest BCUT2D eigenvalue weighted by Gasteiger charge is -2.29. The van der Waals surface area contributed by atoms with Crippen molar-refractivity contribution in [3.8, 4) is 0 Å². The van der Waals surface area contributed by atoms with Crippen molar-refractivity contribution < 1.29 is 0 Å². The third-order valence-electron chi connectivity index (χ3n) is 3.84. The van der Waals surface area contributed by atoms with E-state index in [0.29, 0.717) is 12.0 Å². The highest BCUT2D eigenvalue weighted by Crippen LogP contribution is 2.32. The summed E-state index contributed by atoms with van der Waals surface area (Å²) in [6.45, 7) is 4.55. The van der Waals surface area contributed by atoms with Crippen LogP contribution in [0, 0.1) is 5.92 Å². The quantitative estimate of drug-likeness (QED) is 0.839. The highest BCUT2D eigenvalue weighted by molar-refractivity contribution is 5.28. The zero-order valence-corrected chi connectivity index (χ0v) is 11.2. The van der Waals surface area contributed by atoms with E-state index in [1.54, 1.807) is 0 Å². The van der Waals surface area contributed by atoms with E-state index >= 15 is 0 Å². The summed E-state index contributed by atoms with van der Waals surface area (Å²) in [7, 11) is 0. The molecular formula is C16H25N. The van der Waals surface area contributed by atoms with Crippen molar-refractivity contribution in [2.75, 3.05) is 0 Å². The molecule has 1 aromatic rings. The fourth-order valence-electron chi connectivity index (χ4n) is 3.00. The standard InChI is InChI=1S/C16H25N/c1-12(2)10-13-6-5-7-14(11-13)15-8-3-4-9-16(15)17/h5-7,11-12,15-16H,3-4,8-10,17H2,1-2H3. The van der Waals surface area contributed by atoms with Gasteiger partial charge in [-0.15, -0.1) is 0 Å². The lowest BCUT2D eigenvalue weighted by Crippen LogP contribution is -2.31. The van der Waals surface area contributed by atoms with Crippen molar-refractivity contribution in [3.63, 3.8) is 0 Å². The van der Waals surface area contributed by atoms with Gasteiger partial charge in [-0.3, -0.25) is 0 Å². The van der Waals surface area contributed by atoms with Crippen LogP contribution in [-0.4, -0.2) is 6.04 Å². The van der Waals surface area contributed by atoms with E-state index in [2.05, 4.69) is 38.1 Å². The van der Waals surface area contributed by atoms with E-state index < -0.39 is 0 Å².